The molecule has 0 aliphatic heterocycles. The zero-order chi connectivity index (χ0) is 13.3. The monoisotopic (exact) mass is 256 g/mol. The molecule has 0 fully saturated rings. The van der Waals surface area contributed by atoms with Crippen molar-refractivity contribution in [2.24, 2.45) is 0 Å². The van der Waals surface area contributed by atoms with Gasteiger partial charge in [0.2, 0.25) is 0 Å². The van der Waals surface area contributed by atoms with Crippen molar-refractivity contribution in [1.82, 2.24) is 9.97 Å². The van der Waals surface area contributed by atoms with Gasteiger partial charge in [-0.2, -0.15) is 0 Å². The zero-order valence-electron chi connectivity index (χ0n) is 11.3. The van der Waals surface area contributed by atoms with E-state index in [-0.39, 0.29) is 0 Å². The molecule has 0 aliphatic carbocycles. The highest BCUT2D eigenvalue weighted by Crippen LogP contribution is 2.12. The van der Waals surface area contributed by atoms with E-state index >= 15 is 0 Å². The van der Waals surface area contributed by atoms with Gasteiger partial charge in [-0.15, -0.1) is 0 Å². The van der Waals surface area contributed by atoms with Gasteiger partial charge in [-0.05, 0) is 36.6 Å². The molecule has 2 rings (SSSR count). The molecule has 0 saturated carbocycles. The summed E-state index contributed by atoms with van der Waals surface area (Å²) in [6.45, 7) is 4.00. The van der Waals surface area contributed by atoms with Crippen LogP contribution in [-0.2, 0) is 6.42 Å². The second kappa shape index (κ2) is 7.36. The first kappa shape index (κ1) is 13.3. The molecule has 4 heteroatoms. The van der Waals surface area contributed by atoms with E-state index in [0.717, 1.165) is 37.4 Å². The van der Waals surface area contributed by atoms with Crippen LogP contribution in [0, 0.1) is 0 Å². The van der Waals surface area contributed by atoms with E-state index in [0.29, 0.717) is 0 Å². The summed E-state index contributed by atoms with van der Waals surface area (Å²) in [6, 6.07) is 8.12. The van der Waals surface area contributed by atoms with Gasteiger partial charge in [-0.25, -0.2) is 4.98 Å². The van der Waals surface area contributed by atoms with E-state index in [1.807, 2.05) is 42.9 Å². The maximum Gasteiger partial charge on any atom is 0.127 e. The van der Waals surface area contributed by atoms with Crippen molar-refractivity contribution in [3.63, 3.8) is 0 Å². The summed E-state index contributed by atoms with van der Waals surface area (Å²) >= 11 is 0. The lowest BCUT2D eigenvalue weighted by Gasteiger charge is -2.09. The Labute approximate surface area is 114 Å². The van der Waals surface area contributed by atoms with E-state index in [1.54, 1.807) is 0 Å². The molecule has 2 aromatic rings. The standard InChI is InChI=1S/C15H20N4/c1-2-7-18-15-12-14(6-11-19-15)17-10-5-13-3-8-16-9-4-13/h3-4,6,8-9,11-12H,2,5,7,10H2,1H3,(H2,17,18,19). The third-order valence-electron chi connectivity index (χ3n) is 2.81. The smallest absolute Gasteiger partial charge is 0.127 e. The van der Waals surface area contributed by atoms with Crippen molar-refractivity contribution < 1.29 is 0 Å². The minimum atomic E-state index is 0.904. The van der Waals surface area contributed by atoms with Crippen molar-refractivity contribution in [2.75, 3.05) is 23.7 Å². The van der Waals surface area contributed by atoms with Crippen molar-refractivity contribution in [3.8, 4) is 0 Å². The molecule has 2 heterocycles. The van der Waals surface area contributed by atoms with Crippen molar-refractivity contribution in [3.05, 3.63) is 48.4 Å². The number of nitrogens with zero attached hydrogens (tertiary/aromatic N) is 2. The maximum atomic E-state index is 4.28. The van der Waals surface area contributed by atoms with E-state index in [9.17, 15) is 0 Å². The molecule has 2 N–H and O–H groups in total. The molecule has 0 aliphatic rings. The number of anilines is 2. The molecule has 0 bridgehead atoms. The largest absolute Gasteiger partial charge is 0.385 e. The van der Waals surface area contributed by atoms with Gasteiger partial charge in [0.05, 0.1) is 0 Å². The molecule has 100 valence electrons. The minimum Gasteiger partial charge on any atom is -0.385 e. The summed E-state index contributed by atoms with van der Waals surface area (Å²) in [6.07, 6.45) is 7.57. The van der Waals surface area contributed by atoms with Crippen LogP contribution < -0.4 is 10.6 Å². The van der Waals surface area contributed by atoms with Crippen LogP contribution in [0.5, 0.6) is 0 Å². The Kier molecular flexibility index (Phi) is 5.17. The average molecular weight is 256 g/mol. The lowest BCUT2D eigenvalue weighted by atomic mass is 10.2. The molecule has 4 nitrogen and oxygen atoms in total. The third kappa shape index (κ3) is 4.58. The van der Waals surface area contributed by atoms with E-state index in [4.69, 9.17) is 0 Å². The minimum absolute atomic E-state index is 0.904. The Morgan fingerprint density at radius 1 is 1.00 bits per heavy atom. The Morgan fingerprint density at radius 2 is 1.84 bits per heavy atom. The van der Waals surface area contributed by atoms with Gasteiger partial charge in [-0.3, -0.25) is 4.98 Å². The summed E-state index contributed by atoms with van der Waals surface area (Å²) in [5.74, 6) is 0.927. The summed E-state index contributed by atoms with van der Waals surface area (Å²) in [4.78, 5) is 8.30. The first-order valence-electron chi connectivity index (χ1n) is 6.71. The Morgan fingerprint density at radius 3 is 2.63 bits per heavy atom. The molecule has 0 amide bonds. The molecule has 0 saturated heterocycles. The van der Waals surface area contributed by atoms with Crippen molar-refractivity contribution in [2.45, 2.75) is 19.8 Å². The van der Waals surface area contributed by atoms with E-state index in [2.05, 4.69) is 27.5 Å². The summed E-state index contributed by atoms with van der Waals surface area (Å²) in [5, 5.41) is 6.69. The van der Waals surface area contributed by atoms with Crippen LogP contribution in [0.25, 0.3) is 0 Å². The summed E-state index contributed by atoms with van der Waals surface area (Å²) in [7, 11) is 0. The fourth-order valence-corrected chi connectivity index (χ4v) is 1.79. The Hall–Kier alpha value is -2.10. The van der Waals surface area contributed by atoms with Crippen LogP contribution >= 0.6 is 0 Å². The SMILES string of the molecule is CCCNc1cc(NCCc2ccncc2)ccn1. The molecule has 19 heavy (non-hydrogen) atoms. The number of hydrogen-bond donors (Lipinski definition) is 2. The number of rotatable bonds is 7. The third-order valence-corrected chi connectivity index (χ3v) is 2.81. The van der Waals surface area contributed by atoms with Gasteiger partial charge in [0.25, 0.3) is 0 Å². The van der Waals surface area contributed by atoms with Gasteiger partial charge in [-0.1, -0.05) is 6.92 Å². The zero-order valence-corrected chi connectivity index (χ0v) is 11.3. The van der Waals surface area contributed by atoms with Crippen molar-refractivity contribution >= 4 is 11.5 Å². The van der Waals surface area contributed by atoms with Crippen LogP contribution in [0.4, 0.5) is 11.5 Å². The summed E-state index contributed by atoms with van der Waals surface area (Å²) < 4.78 is 0. The fraction of sp³-hybridized carbons (Fsp3) is 0.333. The highest BCUT2D eigenvalue weighted by atomic mass is 15.0. The normalized spacial score (nSPS) is 10.2. The van der Waals surface area contributed by atoms with Gasteiger partial charge >= 0.3 is 0 Å². The quantitative estimate of drug-likeness (QED) is 0.799. The second-order valence-corrected chi connectivity index (χ2v) is 4.39. The lowest BCUT2D eigenvalue weighted by Crippen LogP contribution is -2.06. The maximum absolute atomic E-state index is 4.28. The second-order valence-electron chi connectivity index (χ2n) is 4.39. The van der Waals surface area contributed by atoms with Crippen LogP contribution in [0.3, 0.4) is 0 Å². The van der Waals surface area contributed by atoms with Gasteiger partial charge < -0.3 is 10.6 Å². The van der Waals surface area contributed by atoms with Crippen LogP contribution in [0.15, 0.2) is 42.9 Å². The fourth-order valence-electron chi connectivity index (χ4n) is 1.79. The molecule has 0 aromatic carbocycles. The first-order chi connectivity index (χ1) is 9.38. The molecular formula is C15H20N4. The molecule has 0 unspecified atom stereocenters. The van der Waals surface area contributed by atoms with Gasteiger partial charge in [0, 0.05) is 43.4 Å². The van der Waals surface area contributed by atoms with Crippen LogP contribution in [-0.4, -0.2) is 23.1 Å². The molecule has 0 spiro atoms. The lowest BCUT2D eigenvalue weighted by molar-refractivity contribution is 0.968. The van der Waals surface area contributed by atoms with Crippen LogP contribution in [0.1, 0.15) is 18.9 Å². The highest BCUT2D eigenvalue weighted by Gasteiger charge is 1.97. The summed E-state index contributed by atoms with van der Waals surface area (Å²) in [5.41, 5.74) is 2.39. The predicted octanol–water partition coefficient (Wildman–Crippen LogP) is 2.95. The molecule has 0 atom stereocenters. The Balaban J connectivity index is 1.82. The van der Waals surface area contributed by atoms with Gasteiger partial charge in [0.1, 0.15) is 5.82 Å². The molecule has 0 radical (unpaired) electrons. The van der Waals surface area contributed by atoms with Gasteiger partial charge in [0.15, 0.2) is 0 Å². The average Bonchev–Trinajstić information content (AvgIpc) is 2.47. The Bertz CT molecular complexity index is 485. The number of hydrogen-bond acceptors (Lipinski definition) is 4. The number of pyridine rings is 2. The van der Waals surface area contributed by atoms with E-state index in [1.165, 1.54) is 5.56 Å². The topological polar surface area (TPSA) is 49.8 Å². The molecular weight excluding hydrogens is 236 g/mol. The molecule has 2 aromatic heterocycles. The van der Waals surface area contributed by atoms with Crippen molar-refractivity contribution in [1.29, 1.82) is 0 Å². The van der Waals surface area contributed by atoms with Crippen LogP contribution in [0.2, 0.25) is 0 Å². The first-order valence-corrected chi connectivity index (χ1v) is 6.71. The number of aromatic nitrogens is 2. The predicted molar refractivity (Wildman–Crippen MR) is 79.4 cm³/mol. The number of nitrogens with one attached hydrogen (secondary N) is 2. The van der Waals surface area contributed by atoms with E-state index < -0.39 is 0 Å². The highest BCUT2D eigenvalue weighted by molar-refractivity contribution is 5.51.